The van der Waals surface area contributed by atoms with Crippen molar-refractivity contribution in [3.8, 4) is 5.75 Å². The fourth-order valence-electron chi connectivity index (χ4n) is 0.943. The number of hydrogen-bond donors (Lipinski definition) is 0. The second-order valence-electron chi connectivity index (χ2n) is 2.67. The lowest BCUT2D eigenvalue weighted by Gasteiger charge is -2.11. The highest BCUT2D eigenvalue weighted by atomic mass is 79.9. The van der Waals surface area contributed by atoms with Gasteiger partial charge in [0, 0.05) is 5.33 Å². The fourth-order valence-corrected chi connectivity index (χ4v) is 1.81. The third-order valence-electron chi connectivity index (χ3n) is 1.57. The van der Waals surface area contributed by atoms with Crippen LogP contribution in [0.2, 0.25) is 0 Å². The Morgan fingerprint density at radius 1 is 1.23 bits per heavy atom. The Kier molecular flexibility index (Phi) is 5.47. The number of hydrogen-bond acceptors (Lipinski definition) is 1. The van der Waals surface area contributed by atoms with Gasteiger partial charge in [0.05, 0.1) is 0 Å². The molecule has 0 aromatic heterocycles. The zero-order chi connectivity index (χ0) is 9.52. The maximum atomic E-state index is 5.61. The molecule has 0 radical (unpaired) electrons. The molecule has 1 nitrogen and oxygen atoms in total. The van der Waals surface area contributed by atoms with E-state index >= 15 is 0 Å². The summed E-state index contributed by atoms with van der Waals surface area (Å²) in [5.74, 6) is 0.916. The van der Waals surface area contributed by atoms with E-state index in [-0.39, 0.29) is 5.01 Å². The lowest BCUT2D eigenvalue weighted by atomic mass is 10.3. The molecule has 1 rings (SSSR count). The first kappa shape index (κ1) is 11.1. The van der Waals surface area contributed by atoms with Crippen LogP contribution in [0.3, 0.4) is 0 Å². The monoisotopic (exact) mass is 306 g/mol. The predicted molar refractivity (Wildman–Crippen MR) is 62.8 cm³/mol. The highest BCUT2D eigenvalue weighted by molar-refractivity contribution is 9.09. The van der Waals surface area contributed by atoms with Crippen molar-refractivity contribution in [2.24, 2.45) is 0 Å². The normalized spacial score (nSPS) is 12.5. The summed E-state index contributed by atoms with van der Waals surface area (Å²) < 4.78 is 5.61. The maximum Gasteiger partial charge on any atom is 0.153 e. The van der Waals surface area contributed by atoms with Crippen LogP contribution in [0.4, 0.5) is 0 Å². The first-order valence-electron chi connectivity index (χ1n) is 4.24. The minimum atomic E-state index is 0.118. The predicted octanol–water partition coefficient (Wildman–Crippen LogP) is 3.96. The summed E-state index contributed by atoms with van der Waals surface area (Å²) in [7, 11) is 0. The molecule has 13 heavy (non-hydrogen) atoms. The molecule has 1 atom stereocenters. The summed E-state index contributed by atoms with van der Waals surface area (Å²) in [6.07, 6.45) is 2.13. The molecule has 0 aliphatic heterocycles. The average molecular weight is 308 g/mol. The molecule has 1 unspecified atom stereocenters. The van der Waals surface area contributed by atoms with Crippen LogP contribution in [0.25, 0.3) is 0 Å². The zero-order valence-corrected chi connectivity index (χ0v) is 10.4. The third-order valence-corrected chi connectivity index (χ3v) is 2.78. The van der Waals surface area contributed by atoms with E-state index in [1.54, 1.807) is 0 Å². The van der Waals surface area contributed by atoms with Crippen molar-refractivity contribution < 1.29 is 4.74 Å². The topological polar surface area (TPSA) is 9.23 Å². The lowest BCUT2D eigenvalue weighted by Crippen LogP contribution is -2.07. The Morgan fingerprint density at radius 2 is 1.92 bits per heavy atom. The van der Waals surface area contributed by atoms with Crippen molar-refractivity contribution in [3.63, 3.8) is 0 Å². The van der Waals surface area contributed by atoms with Gasteiger partial charge in [0.2, 0.25) is 0 Å². The second-order valence-corrected chi connectivity index (χ2v) is 4.49. The number of alkyl halides is 2. The summed E-state index contributed by atoms with van der Waals surface area (Å²) in [6, 6.07) is 9.85. The van der Waals surface area contributed by atoms with Gasteiger partial charge in [0.25, 0.3) is 0 Å². The quantitative estimate of drug-likeness (QED) is 0.748. The van der Waals surface area contributed by atoms with Crippen molar-refractivity contribution in [1.29, 1.82) is 0 Å². The minimum Gasteiger partial charge on any atom is -0.479 e. The van der Waals surface area contributed by atoms with Gasteiger partial charge < -0.3 is 4.74 Å². The summed E-state index contributed by atoms with van der Waals surface area (Å²) in [5.41, 5.74) is 0. The molecule has 1 aromatic rings. The molecular formula is C10H12Br2O. The molecule has 0 heterocycles. The van der Waals surface area contributed by atoms with Gasteiger partial charge in [-0.15, -0.1) is 0 Å². The Labute approximate surface area is 95.7 Å². The van der Waals surface area contributed by atoms with Crippen LogP contribution in [0, 0.1) is 0 Å². The summed E-state index contributed by atoms with van der Waals surface area (Å²) in [6.45, 7) is 0. The van der Waals surface area contributed by atoms with E-state index < -0.39 is 0 Å². The average Bonchev–Trinajstić information content (AvgIpc) is 2.16. The van der Waals surface area contributed by atoms with Crippen molar-refractivity contribution in [3.05, 3.63) is 30.3 Å². The second kappa shape index (κ2) is 6.44. The van der Waals surface area contributed by atoms with Gasteiger partial charge in [-0.3, -0.25) is 0 Å². The number of rotatable bonds is 5. The lowest BCUT2D eigenvalue weighted by molar-refractivity contribution is 0.283. The minimum absolute atomic E-state index is 0.118. The first-order valence-corrected chi connectivity index (χ1v) is 6.28. The maximum absolute atomic E-state index is 5.61. The Hall–Kier alpha value is -0.0200. The molecule has 0 fully saturated rings. The van der Waals surface area contributed by atoms with Crippen molar-refractivity contribution >= 4 is 31.9 Å². The number of benzene rings is 1. The molecule has 72 valence electrons. The highest BCUT2D eigenvalue weighted by Gasteiger charge is 2.03. The number of halogens is 2. The van der Waals surface area contributed by atoms with Gasteiger partial charge in [0.1, 0.15) is 5.75 Å². The first-order chi connectivity index (χ1) is 6.33. The molecule has 0 amide bonds. The van der Waals surface area contributed by atoms with E-state index in [0.717, 1.165) is 23.9 Å². The van der Waals surface area contributed by atoms with E-state index in [1.807, 2.05) is 30.3 Å². The molecular weight excluding hydrogens is 296 g/mol. The Morgan fingerprint density at radius 3 is 2.54 bits per heavy atom. The zero-order valence-electron chi connectivity index (χ0n) is 7.25. The van der Waals surface area contributed by atoms with E-state index in [9.17, 15) is 0 Å². The summed E-state index contributed by atoms with van der Waals surface area (Å²) >= 11 is 6.86. The van der Waals surface area contributed by atoms with Crippen LogP contribution >= 0.6 is 31.9 Å². The van der Waals surface area contributed by atoms with Crippen LogP contribution in [-0.4, -0.2) is 10.3 Å². The molecule has 0 saturated heterocycles. The summed E-state index contributed by atoms with van der Waals surface area (Å²) in [5, 5.41) is 1.14. The molecule has 1 aromatic carbocycles. The van der Waals surface area contributed by atoms with E-state index in [2.05, 4.69) is 31.9 Å². The van der Waals surface area contributed by atoms with Crippen LogP contribution in [0.15, 0.2) is 30.3 Å². The molecule has 3 heteroatoms. The van der Waals surface area contributed by atoms with E-state index in [4.69, 9.17) is 4.74 Å². The van der Waals surface area contributed by atoms with Gasteiger partial charge in [-0.1, -0.05) is 34.1 Å². The molecule has 0 saturated carbocycles. The molecule has 0 N–H and O–H groups in total. The molecule has 0 aliphatic carbocycles. The smallest absolute Gasteiger partial charge is 0.153 e. The van der Waals surface area contributed by atoms with Gasteiger partial charge in [-0.25, -0.2) is 0 Å². The van der Waals surface area contributed by atoms with E-state index in [1.165, 1.54) is 0 Å². The Bertz CT molecular complexity index is 226. The van der Waals surface area contributed by atoms with Crippen LogP contribution in [-0.2, 0) is 0 Å². The number of para-hydroxylation sites is 1. The standard InChI is InChI=1S/C10H12Br2O/c11-8-4-7-10(12)13-9-5-2-1-3-6-9/h1-3,5-6,10H,4,7-8H2. The highest BCUT2D eigenvalue weighted by Crippen LogP contribution is 2.17. The Balaban J connectivity index is 2.32. The van der Waals surface area contributed by atoms with Gasteiger partial charge >= 0.3 is 0 Å². The van der Waals surface area contributed by atoms with Crippen LogP contribution < -0.4 is 4.74 Å². The summed E-state index contributed by atoms with van der Waals surface area (Å²) in [4.78, 5) is 0. The largest absolute Gasteiger partial charge is 0.479 e. The fraction of sp³-hybridized carbons (Fsp3) is 0.400. The van der Waals surface area contributed by atoms with Gasteiger partial charge in [-0.05, 0) is 40.9 Å². The van der Waals surface area contributed by atoms with Crippen LogP contribution in [0.5, 0.6) is 5.75 Å². The third kappa shape index (κ3) is 4.67. The SMILES string of the molecule is BrCCCC(Br)Oc1ccccc1. The number of ether oxygens (including phenoxy) is 1. The van der Waals surface area contributed by atoms with Gasteiger partial charge in [0.15, 0.2) is 5.01 Å². The van der Waals surface area contributed by atoms with Crippen LogP contribution in [0.1, 0.15) is 12.8 Å². The van der Waals surface area contributed by atoms with Crippen molar-refractivity contribution in [2.75, 3.05) is 5.33 Å². The van der Waals surface area contributed by atoms with Crippen molar-refractivity contribution in [2.45, 2.75) is 17.9 Å². The molecule has 0 aliphatic rings. The molecule has 0 spiro atoms. The van der Waals surface area contributed by atoms with Gasteiger partial charge in [-0.2, -0.15) is 0 Å². The van der Waals surface area contributed by atoms with Crippen molar-refractivity contribution in [1.82, 2.24) is 0 Å². The molecule has 0 bridgehead atoms. The van der Waals surface area contributed by atoms with E-state index in [0.29, 0.717) is 0 Å².